The second-order valence-electron chi connectivity index (χ2n) is 5.39. The van der Waals surface area contributed by atoms with Gasteiger partial charge in [0.2, 0.25) is 5.89 Å². The van der Waals surface area contributed by atoms with E-state index in [4.69, 9.17) is 4.42 Å². The minimum Gasteiger partial charge on any atom is -0.411 e. The lowest BCUT2D eigenvalue weighted by atomic mass is 10.1. The Morgan fingerprint density at radius 3 is 2.35 bits per heavy atom. The van der Waals surface area contributed by atoms with E-state index >= 15 is 0 Å². The van der Waals surface area contributed by atoms with Gasteiger partial charge in [-0.25, -0.2) is 12.8 Å². The van der Waals surface area contributed by atoms with Crippen molar-refractivity contribution in [1.29, 1.82) is 0 Å². The van der Waals surface area contributed by atoms with Crippen molar-refractivity contribution in [3.8, 4) is 11.5 Å². The van der Waals surface area contributed by atoms with E-state index in [2.05, 4.69) is 10.2 Å². The third kappa shape index (κ3) is 4.36. The zero-order chi connectivity index (χ0) is 18.7. The average molecular weight is 392 g/mol. The number of Topliss-reactive ketones (excluding diaryl/α,β-unsaturated/α-hetero) is 1. The van der Waals surface area contributed by atoms with Crippen LogP contribution in [0.2, 0.25) is 0 Å². The quantitative estimate of drug-likeness (QED) is 0.470. The van der Waals surface area contributed by atoms with Crippen LogP contribution in [0, 0.1) is 5.82 Å². The zero-order valence-electron chi connectivity index (χ0n) is 13.5. The molecule has 6 nitrogen and oxygen atoms in total. The molecule has 1 aromatic heterocycles. The van der Waals surface area contributed by atoms with Gasteiger partial charge in [-0.3, -0.25) is 4.79 Å². The van der Waals surface area contributed by atoms with Crippen LogP contribution >= 0.6 is 11.8 Å². The second-order valence-corrected chi connectivity index (χ2v) is 8.33. The van der Waals surface area contributed by atoms with Crippen molar-refractivity contribution in [2.75, 3.05) is 12.0 Å². The van der Waals surface area contributed by atoms with Gasteiger partial charge in [-0.2, -0.15) is 0 Å². The SMILES string of the molecule is CS(=O)(=O)c1ccc(-c2nnc(SCC(=O)c3ccc(F)cc3)o2)cc1. The summed E-state index contributed by atoms with van der Waals surface area (Å²) >= 11 is 1.07. The van der Waals surface area contributed by atoms with Crippen molar-refractivity contribution in [3.63, 3.8) is 0 Å². The van der Waals surface area contributed by atoms with Crippen LogP contribution in [-0.2, 0) is 9.84 Å². The molecule has 2 aromatic carbocycles. The molecule has 0 saturated heterocycles. The smallest absolute Gasteiger partial charge is 0.277 e. The maximum Gasteiger partial charge on any atom is 0.277 e. The van der Waals surface area contributed by atoms with Gasteiger partial charge < -0.3 is 4.42 Å². The summed E-state index contributed by atoms with van der Waals surface area (Å²) < 4.78 is 41.3. The van der Waals surface area contributed by atoms with Crippen LogP contribution in [0.5, 0.6) is 0 Å². The van der Waals surface area contributed by atoms with Gasteiger partial charge in [-0.15, -0.1) is 10.2 Å². The van der Waals surface area contributed by atoms with Crippen LogP contribution in [0.25, 0.3) is 11.5 Å². The van der Waals surface area contributed by atoms with Gasteiger partial charge in [0.05, 0.1) is 10.6 Å². The van der Waals surface area contributed by atoms with Crippen molar-refractivity contribution >= 4 is 27.4 Å². The van der Waals surface area contributed by atoms with E-state index in [1.54, 1.807) is 12.1 Å². The minimum absolute atomic E-state index is 0.0697. The molecule has 0 fully saturated rings. The van der Waals surface area contributed by atoms with Crippen molar-refractivity contribution in [3.05, 3.63) is 59.9 Å². The Morgan fingerprint density at radius 2 is 1.73 bits per heavy atom. The summed E-state index contributed by atoms with van der Waals surface area (Å²) in [5, 5.41) is 7.96. The first-order valence-electron chi connectivity index (χ1n) is 7.38. The highest BCUT2D eigenvalue weighted by Crippen LogP contribution is 2.24. The Balaban J connectivity index is 1.66. The highest BCUT2D eigenvalue weighted by Gasteiger charge is 2.13. The van der Waals surface area contributed by atoms with Gasteiger partial charge in [0.1, 0.15) is 5.82 Å². The molecule has 0 aliphatic rings. The molecule has 0 amide bonds. The maximum absolute atomic E-state index is 12.9. The van der Waals surface area contributed by atoms with E-state index in [0.29, 0.717) is 11.1 Å². The van der Waals surface area contributed by atoms with Crippen LogP contribution < -0.4 is 0 Å². The Kier molecular flexibility index (Phi) is 5.19. The van der Waals surface area contributed by atoms with Crippen molar-refractivity contribution in [1.82, 2.24) is 10.2 Å². The molecular formula is C17H13FN2O4S2. The summed E-state index contributed by atoms with van der Waals surface area (Å²) in [6.07, 6.45) is 1.13. The van der Waals surface area contributed by atoms with Gasteiger partial charge >= 0.3 is 0 Å². The van der Waals surface area contributed by atoms with Crippen molar-refractivity contribution in [2.24, 2.45) is 0 Å². The largest absolute Gasteiger partial charge is 0.411 e. The van der Waals surface area contributed by atoms with Crippen LogP contribution in [0.3, 0.4) is 0 Å². The fourth-order valence-electron chi connectivity index (χ4n) is 2.08. The Bertz CT molecular complexity index is 1030. The number of halogens is 1. The number of aromatic nitrogens is 2. The Hall–Kier alpha value is -2.52. The number of thioether (sulfide) groups is 1. The van der Waals surface area contributed by atoms with E-state index in [9.17, 15) is 17.6 Å². The van der Waals surface area contributed by atoms with Crippen LogP contribution in [-0.4, -0.2) is 36.4 Å². The molecule has 26 heavy (non-hydrogen) atoms. The summed E-state index contributed by atoms with van der Waals surface area (Å²) in [7, 11) is -3.28. The summed E-state index contributed by atoms with van der Waals surface area (Å²) in [5.74, 6) is -0.299. The van der Waals surface area contributed by atoms with E-state index in [-0.39, 0.29) is 27.5 Å². The number of carbonyl (C=O) groups excluding carboxylic acids is 1. The number of hydrogen-bond acceptors (Lipinski definition) is 7. The summed E-state index contributed by atoms with van der Waals surface area (Å²) in [6, 6.07) is 11.3. The summed E-state index contributed by atoms with van der Waals surface area (Å²) in [5.41, 5.74) is 0.969. The molecule has 134 valence electrons. The molecule has 0 atom stereocenters. The molecule has 0 aliphatic carbocycles. The number of rotatable bonds is 6. The van der Waals surface area contributed by atoms with E-state index in [1.165, 1.54) is 36.4 Å². The molecule has 9 heteroatoms. The van der Waals surface area contributed by atoms with Crippen molar-refractivity contribution < 1.29 is 22.0 Å². The van der Waals surface area contributed by atoms with Gasteiger partial charge in [0.25, 0.3) is 5.22 Å². The molecule has 3 rings (SSSR count). The molecule has 0 aliphatic heterocycles. The predicted octanol–water partition coefficient (Wildman–Crippen LogP) is 3.25. The molecule has 0 bridgehead atoms. The molecule has 0 radical (unpaired) electrons. The number of sulfone groups is 1. The van der Waals surface area contributed by atoms with Crippen molar-refractivity contribution in [2.45, 2.75) is 10.1 Å². The van der Waals surface area contributed by atoms with Crippen LogP contribution in [0.1, 0.15) is 10.4 Å². The maximum atomic E-state index is 12.9. The number of hydrogen-bond donors (Lipinski definition) is 0. The monoisotopic (exact) mass is 392 g/mol. The highest BCUT2D eigenvalue weighted by atomic mass is 32.2. The number of carbonyl (C=O) groups is 1. The Morgan fingerprint density at radius 1 is 1.08 bits per heavy atom. The lowest BCUT2D eigenvalue weighted by Crippen LogP contribution is -2.02. The van der Waals surface area contributed by atoms with Crippen LogP contribution in [0.15, 0.2) is 63.1 Å². The fraction of sp³-hybridized carbons (Fsp3) is 0.118. The molecule has 3 aromatic rings. The normalized spacial score (nSPS) is 11.5. The van der Waals surface area contributed by atoms with Gasteiger partial charge in [-0.1, -0.05) is 11.8 Å². The zero-order valence-corrected chi connectivity index (χ0v) is 15.2. The van der Waals surface area contributed by atoms with E-state index in [0.717, 1.165) is 18.0 Å². The highest BCUT2D eigenvalue weighted by molar-refractivity contribution is 7.99. The molecular weight excluding hydrogens is 379 g/mol. The van der Waals surface area contributed by atoms with Gasteiger partial charge in [0, 0.05) is 17.4 Å². The first kappa shape index (κ1) is 18.3. The van der Waals surface area contributed by atoms with E-state index in [1.807, 2.05) is 0 Å². The lowest BCUT2D eigenvalue weighted by Gasteiger charge is -1.99. The third-order valence-corrected chi connectivity index (χ3v) is 5.38. The molecule has 1 heterocycles. The standard InChI is InChI=1S/C17H13FN2O4S2/c1-26(22,23)14-8-4-12(5-9-14)16-19-20-17(24-16)25-10-15(21)11-2-6-13(18)7-3-11/h2-9H,10H2,1H3. The fourth-order valence-corrected chi connectivity index (χ4v) is 3.36. The van der Waals surface area contributed by atoms with Gasteiger partial charge in [-0.05, 0) is 48.5 Å². The third-order valence-electron chi connectivity index (χ3n) is 3.43. The van der Waals surface area contributed by atoms with Gasteiger partial charge in [0.15, 0.2) is 15.6 Å². The molecule has 0 N–H and O–H groups in total. The number of ketones is 1. The average Bonchev–Trinajstić information content (AvgIpc) is 3.09. The molecule has 0 saturated carbocycles. The number of benzene rings is 2. The topological polar surface area (TPSA) is 90.1 Å². The Labute approximate surface area is 153 Å². The van der Waals surface area contributed by atoms with Crippen LogP contribution in [0.4, 0.5) is 4.39 Å². The predicted molar refractivity (Wildman–Crippen MR) is 94.3 cm³/mol. The second kappa shape index (κ2) is 7.38. The summed E-state index contributed by atoms with van der Waals surface area (Å²) in [6.45, 7) is 0. The summed E-state index contributed by atoms with van der Waals surface area (Å²) in [4.78, 5) is 12.2. The van der Waals surface area contributed by atoms with E-state index < -0.39 is 15.7 Å². The lowest BCUT2D eigenvalue weighted by molar-refractivity contribution is 0.102. The first-order valence-corrected chi connectivity index (χ1v) is 10.3. The minimum atomic E-state index is -3.28. The first-order chi connectivity index (χ1) is 12.3. The number of nitrogens with zero attached hydrogens (tertiary/aromatic N) is 2. The molecule has 0 spiro atoms. The molecule has 0 unspecified atom stereocenters.